The van der Waals surface area contributed by atoms with Crippen LogP contribution in [-0.2, 0) is 0 Å². The summed E-state index contributed by atoms with van der Waals surface area (Å²) in [6, 6.07) is 2.55. The first-order valence-corrected chi connectivity index (χ1v) is 7.03. The molecule has 0 fully saturated rings. The van der Waals surface area contributed by atoms with Gasteiger partial charge in [-0.15, -0.1) is 11.3 Å². The first-order chi connectivity index (χ1) is 8.13. The summed E-state index contributed by atoms with van der Waals surface area (Å²) in [4.78, 5) is 10.7. The lowest BCUT2D eigenvalue weighted by Crippen LogP contribution is -2.18. The molecule has 0 saturated carbocycles. The fourth-order valence-corrected chi connectivity index (χ4v) is 2.91. The van der Waals surface area contributed by atoms with E-state index in [0.717, 1.165) is 28.9 Å². The van der Waals surface area contributed by atoms with E-state index in [9.17, 15) is 0 Å². The number of hydrogen-bond acceptors (Lipinski definition) is 4. The Bertz CT molecular complexity index is 520. The van der Waals surface area contributed by atoms with E-state index in [1.807, 2.05) is 0 Å². The molecule has 0 aromatic carbocycles. The van der Waals surface area contributed by atoms with Crippen LogP contribution < -0.4 is 5.32 Å². The molecule has 17 heavy (non-hydrogen) atoms. The number of hydrogen-bond donors (Lipinski definition) is 1. The van der Waals surface area contributed by atoms with Crippen LogP contribution in [0.15, 0.2) is 6.07 Å². The molecule has 0 radical (unpaired) electrons. The number of fused-ring (bicyclic) bond motifs is 1. The zero-order chi connectivity index (χ0) is 12.4. The highest BCUT2D eigenvalue weighted by atomic mass is 35.5. The Hall–Kier alpha value is -0.870. The van der Waals surface area contributed by atoms with Crippen LogP contribution in [0.25, 0.3) is 10.2 Å². The van der Waals surface area contributed by atoms with Gasteiger partial charge in [0.05, 0.1) is 5.39 Å². The Morgan fingerprint density at radius 3 is 2.71 bits per heavy atom. The Morgan fingerprint density at radius 1 is 1.35 bits per heavy atom. The van der Waals surface area contributed by atoms with Crippen molar-refractivity contribution < 1.29 is 0 Å². The smallest absolute Gasteiger partial charge is 0.225 e. The highest BCUT2D eigenvalue weighted by Gasteiger charge is 2.12. The van der Waals surface area contributed by atoms with Gasteiger partial charge in [-0.1, -0.05) is 13.8 Å². The number of aromatic nitrogens is 2. The van der Waals surface area contributed by atoms with Crippen molar-refractivity contribution in [2.45, 2.75) is 39.7 Å². The van der Waals surface area contributed by atoms with Crippen LogP contribution in [0.3, 0.4) is 0 Å². The van der Waals surface area contributed by atoms with E-state index in [4.69, 9.17) is 11.6 Å². The minimum atomic E-state index is 0.313. The van der Waals surface area contributed by atoms with E-state index < -0.39 is 0 Å². The van der Waals surface area contributed by atoms with E-state index in [1.165, 1.54) is 4.88 Å². The predicted octanol–water partition coefficient (Wildman–Crippen LogP) is 4.25. The average Bonchev–Trinajstić information content (AvgIpc) is 2.66. The number of anilines is 1. The van der Waals surface area contributed by atoms with Crippen molar-refractivity contribution in [3.8, 4) is 0 Å². The molecule has 0 aliphatic heterocycles. The van der Waals surface area contributed by atoms with Crippen molar-refractivity contribution in [3.05, 3.63) is 16.2 Å². The number of nitrogens with zero attached hydrogens (tertiary/aromatic N) is 2. The Morgan fingerprint density at radius 2 is 2.06 bits per heavy atom. The highest BCUT2D eigenvalue weighted by Crippen LogP contribution is 2.30. The third-order valence-electron chi connectivity index (χ3n) is 2.82. The van der Waals surface area contributed by atoms with Gasteiger partial charge in [0, 0.05) is 10.9 Å². The van der Waals surface area contributed by atoms with Gasteiger partial charge in [-0.05, 0) is 37.4 Å². The van der Waals surface area contributed by atoms with Crippen molar-refractivity contribution in [1.82, 2.24) is 9.97 Å². The van der Waals surface area contributed by atoms with Crippen molar-refractivity contribution in [1.29, 1.82) is 0 Å². The summed E-state index contributed by atoms with van der Waals surface area (Å²) in [5, 5.41) is 4.83. The van der Waals surface area contributed by atoms with Crippen molar-refractivity contribution >= 4 is 39.0 Å². The maximum absolute atomic E-state index is 5.95. The summed E-state index contributed by atoms with van der Waals surface area (Å²) in [5.74, 6) is 0.859. The number of nitrogens with one attached hydrogen (secondary N) is 1. The largest absolute Gasteiger partial charge is 0.367 e. The maximum Gasteiger partial charge on any atom is 0.225 e. The summed E-state index contributed by atoms with van der Waals surface area (Å²) in [7, 11) is 0. The first-order valence-electron chi connectivity index (χ1n) is 5.84. The SMILES string of the molecule is CCC(CC)Nc1nc(Cl)nc2sc(C)cc12. The van der Waals surface area contributed by atoms with E-state index in [0.29, 0.717) is 11.3 Å². The van der Waals surface area contributed by atoms with E-state index in [-0.39, 0.29) is 0 Å². The zero-order valence-electron chi connectivity index (χ0n) is 10.2. The summed E-state index contributed by atoms with van der Waals surface area (Å²) in [6.07, 6.45) is 2.14. The molecule has 0 aliphatic rings. The third kappa shape index (κ3) is 2.69. The Labute approximate surface area is 110 Å². The normalized spacial score (nSPS) is 11.4. The highest BCUT2D eigenvalue weighted by molar-refractivity contribution is 7.18. The Kier molecular flexibility index (Phi) is 3.84. The minimum Gasteiger partial charge on any atom is -0.367 e. The van der Waals surface area contributed by atoms with Gasteiger partial charge < -0.3 is 5.32 Å². The van der Waals surface area contributed by atoms with Crippen molar-refractivity contribution in [2.75, 3.05) is 5.32 Å². The summed E-state index contributed by atoms with van der Waals surface area (Å²) in [6.45, 7) is 6.40. The molecule has 92 valence electrons. The summed E-state index contributed by atoms with van der Waals surface area (Å²) < 4.78 is 0. The van der Waals surface area contributed by atoms with E-state index in [2.05, 4.69) is 42.1 Å². The van der Waals surface area contributed by atoms with Crippen LogP contribution in [-0.4, -0.2) is 16.0 Å². The lowest BCUT2D eigenvalue weighted by Gasteiger charge is -2.15. The van der Waals surface area contributed by atoms with Crippen LogP contribution in [0.4, 0.5) is 5.82 Å². The predicted molar refractivity (Wildman–Crippen MR) is 75.2 cm³/mol. The molecule has 0 spiro atoms. The van der Waals surface area contributed by atoms with Gasteiger partial charge in [-0.25, -0.2) is 9.97 Å². The monoisotopic (exact) mass is 269 g/mol. The molecular weight excluding hydrogens is 254 g/mol. The number of aryl methyl sites for hydroxylation is 1. The van der Waals surface area contributed by atoms with Crippen LogP contribution >= 0.6 is 22.9 Å². The molecule has 0 aliphatic carbocycles. The van der Waals surface area contributed by atoms with Gasteiger partial charge in [0.1, 0.15) is 10.6 Å². The van der Waals surface area contributed by atoms with Crippen LogP contribution in [0, 0.1) is 6.92 Å². The lowest BCUT2D eigenvalue weighted by atomic mass is 10.1. The van der Waals surface area contributed by atoms with Gasteiger partial charge in [-0.3, -0.25) is 0 Å². The number of rotatable bonds is 4. The fraction of sp³-hybridized carbons (Fsp3) is 0.500. The Balaban J connectivity index is 2.44. The van der Waals surface area contributed by atoms with Gasteiger partial charge in [0.15, 0.2) is 0 Å². The second-order valence-electron chi connectivity index (χ2n) is 4.07. The molecular formula is C12H16ClN3S. The van der Waals surface area contributed by atoms with Gasteiger partial charge >= 0.3 is 0 Å². The molecule has 0 saturated heterocycles. The molecule has 3 nitrogen and oxygen atoms in total. The molecule has 0 atom stereocenters. The molecule has 2 aromatic rings. The van der Waals surface area contributed by atoms with Gasteiger partial charge in [0.25, 0.3) is 0 Å². The maximum atomic E-state index is 5.95. The summed E-state index contributed by atoms with van der Waals surface area (Å²) in [5.41, 5.74) is 0. The molecule has 1 N–H and O–H groups in total. The van der Waals surface area contributed by atoms with Crippen molar-refractivity contribution in [2.24, 2.45) is 0 Å². The molecule has 0 amide bonds. The third-order valence-corrected chi connectivity index (χ3v) is 3.93. The summed E-state index contributed by atoms with van der Waals surface area (Å²) >= 11 is 7.59. The van der Waals surface area contributed by atoms with Gasteiger partial charge in [-0.2, -0.15) is 0 Å². The lowest BCUT2D eigenvalue weighted by molar-refractivity contribution is 0.669. The van der Waals surface area contributed by atoms with Crippen LogP contribution in [0.5, 0.6) is 0 Å². The average molecular weight is 270 g/mol. The molecule has 2 aromatic heterocycles. The minimum absolute atomic E-state index is 0.313. The standard InChI is InChI=1S/C12H16ClN3S/c1-4-8(5-2)14-10-9-6-7(3)17-11(9)16-12(13)15-10/h6,8H,4-5H2,1-3H3,(H,14,15,16). The molecule has 2 rings (SSSR count). The number of thiophene rings is 1. The molecule has 5 heteroatoms. The molecule has 0 bridgehead atoms. The topological polar surface area (TPSA) is 37.8 Å². The second kappa shape index (κ2) is 5.19. The first kappa shape index (κ1) is 12.6. The quantitative estimate of drug-likeness (QED) is 0.843. The van der Waals surface area contributed by atoms with E-state index >= 15 is 0 Å². The zero-order valence-corrected chi connectivity index (χ0v) is 11.8. The fourth-order valence-electron chi connectivity index (χ4n) is 1.81. The van der Waals surface area contributed by atoms with Gasteiger partial charge in [0.2, 0.25) is 5.28 Å². The van der Waals surface area contributed by atoms with Crippen LogP contribution in [0.2, 0.25) is 5.28 Å². The number of halogens is 1. The van der Waals surface area contributed by atoms with Crippen LogP contribution in [0.1, 0.15) is 31.6 Å². The van der Waals surface area contributed by atoms with E-state index in [1.54, 1.807) is 11.3 Å². The van der Waals surface area contributed by atoms with Crippen molar-refractivity contribution in [3.63, 3.8) is 0 Å². The second-order valence-corrected chi connectivity index (χ2v) is 5.65. The molecule has 0 unspecified atom stereocenters. The molecule has 2 heterocycles.